The number of hydrogen-bond acceptors (Lipinski definition) is 4. The first-order valence-electron chi connectivity index (χ1n) is 23.1. The van der Waals surface area contributed by atoms with Crippen LogP contribution in [0.15, 0.2) is 188 Å². The van der Waals surface area contributed by atoms with Crippen LogP contribution in [0.4, 0.5) is 27.1 Å². The van der Waals surface area contributed by atoms with Gasteiger partial charge in [0.15, 0.2) is 0 Å². The van der Waals surface area contributed by atoms with Crippen molar-refractivity contribution in [3.8, 4) is 50.7 Å². The number of rotatable bonds is 8. The van der Waals surface area contributed by atoms with Crippen LogP contribution < -0.4 is 14.5 Å². The fourth-order valence-corrected chi connectivity index (χ4v) is 9.34. The number of aromatic nitrogens is 2. The minimum absolute atomic E-state index is 0. The van der Waals surface area contributed by atoms with Gasteiger partial charge in [0.25, 0.3) is 0 Å². The average Bonchev–Trinajstić information content (AvgIpc) is 3.90. The summed E-state index contributed by atoms with van der Waals surface area (Å²) >= 11 is 0. The summed E-state index contributed by atoms with van der Waals surface area (Å²) in [6.07, 6.45) is 1.89. The number of halogens is 1. The van der Waals surface area contributed by atoms with Gasteiger partial charge in [-0.2, -0.15) is 6.07 Å². The van der Waals surface area contributed by atoms with Crippen LogP contribution in [0, 0.1) is 24.6 Å². The molecule has 0 unspecified atom stereocenters. The molecule has 0 bridgehead atoms. The van der Waals surface area contributed by atoms with Gasteiger partial charge in [-0.25, -0.2) is 9.37 Å². The number of pyridine rings is 1. The van der Waals surface area contributed by atoms with E-state index in [4.69, 9.17) is 9.72 Å². The first-order valence-corrected chi connectivity index (χ1v) is 23.1. The molecule has 0 amide bonds. The van der Waals surface area contributed by atoms with E-state index in [1.165, 1.54) is 23.3 Å². The van der Waals surface area contributed by atoms with Crippen molar-refractivity contribution in [1.82, 2.24) is 9.55 Å². The molecule has 344 valence electrons. The maximum absolute atomic E-state index is 14.4. The van der Waals surface area contributed by atoms with Crippen LogP contribution in [0.2, 0.25) is 0 Å². The Labute approximate surface area is 418 Å². The van der Waals surface area contributed by atoms with Gasteiger partial charge in [-0.05, 0) is 86.5 Å². The van der Waals surface area contributed by atoms with Gasteiger partial charge in [-0.1, -0.05) is 162 Å². The van der Waals surface area contributed by atoms with E-state index in [-0.39, 0.29) is 37.7 Å². The zero-order chi connectivity index (χ0) is 46.7. The Hall–Kier alpha value is -7.27. The van der Waals surface area contributed by atoms with Gasteiger partial charge in [0, 0.05) is 72.5 Å². The number of benzene rings is 8. The van der Waals surface area contributed by atoms with Crippen LogP contribution in [0.3, 0.4) is 0 Å². The molecule has 3 heterocycles. The molecule has 10 aromatic rings. The molecule has 0 aliphatic carbocycles. The van der Waals surface area contributed by atoms with Crippen molar-refractivity contribution < 1.29 is 30.2 Å². The van der Waals surface area contributed by atoms with Gasteiger partial charge in [-0.15, -0.1) is 53.6 Å². The van der Waals surface area contributed by atoms with E-state index in [1.54, 1.807) is 0 Å². The normalized spacial score (nSPS) is 12.6. The monoisotopic (exact) mass is 1080 g/mol. The number of ether oxygens (including phenoxy) is 1. The molecule has 0 saturated carbocycles. The first kappa shape index (κ1) is 45.5. The van der Waals surface area contributed by atoms with Crippen molar-refractivity contribution >= 4 is 44.6 Å². The van der Waals surface area contributed by atoms with E-state index in [9.17, 15) is 4.39 Å². The molecule has 11 rings (SSSR count). The van der Waals surface area contributed by atoms with Crippen molar-refractivity contribution in [2.45, 2.75) is 52.4 Å². The van der Waals surface area contributed by atoms with Gasteiger partial charge >= 0.3 is 0 Å². The van der Waals surface area contributed by atoms with Gasteiger partial charge < -0.3 is 19.1 Å². The summed E-state index contributed by atoms with van der Waals surface area (Å²) in [6, 6.07) is 69.2. The molecule has 0 saturated heterocycles. The largest absolute Gasteiger partial charge is 0.509 e. The second-order valence-electron chi connectivity index (χ2n) is 19.6. The van der Waals surface area contributed by atoms with Crippen LogP contribution in [0.1, 0.15) is 52.7 Å². The van der Waals surface area contributed by atoms with Gasteiger partial charge in [0.05, 0.1) is 0 Å². The Bertz CT molecular complexity index is 3500. The Kier molecular flexibility index (Phi) is 11.9. The predicted molar refractivity (Wildman–Crippen MR) is 278 cm³/mol. The summed E-state index contributed by atoms with van der Waals surface area (Å²) in [6.45, 7) is 15.5. The quantitative estimate of drug-likeness (QED) is 0.142. The second kappa shape index (κ2) is 18.0. The molecular formula is C62H50FN4OPt-3. The van der Waals surface area contributed by atoms with Crippen molar-refractivity contribution in [1.29, 1.82) is 0 Å². The molecule has 2 aromatic heterocycles. The van der Waals surface area contributed by atoms with Crippen LogP contribution in [0.25, 0.3) is 61.0 Å². The molecule has 5 nitrogen and oxygen atoms in total. The van der Waals surface area contributed by atoms with Crippen molar-refractivity contribution in [3.63, 3.8) is 0 Å². The summed E-state index contributed by atoms with van der Waals surface area (Å²) in [5, 5.41) is 2.18. The molecule has 8 aromatic carbocycles. The maximum Gasteiger partial charge on any atom is 0.135 e. The molecule has 0 spiro atoms. The maximum atomic E-state index is 14.4. The number of fused-ring (bicyclic) bond motifs is 4. The molecule has 0 radical (unpaired) electrons. The third-order valence-corrected chi connectivity index (χ3v) is 12.9. The number of hydrogen-bond donors (Lipinski definition) is 0. The predicted octanol–water partition coefficient (Wildman–Crippen LogP) is 16.7. The van der Waals surface area contributed by atoms with Gasteiger partial charge in [-0.3, -0.25) is 0 Å². The van der Waals surface area contributed by atoms with Crippen LogP contribution in [-0.4, -0.2) is 9.55 Å². The number of nitrogens with zero attached hydrogens (tertiary/aromatic N) is 4. The van der Waals surface area contributed by atoms with Gasteiger partial charge in [0.1, 0.15) is 11.6 Å². The minimum atomic E-state index is -0.275. The van der Waals surface area contributed by atoms with E-state index >= 15 is 0 Å². The molecule has 7 heteroatoms. The smallest absolute Gasteiger partial charge is 0.135 e. The summed E-state index contributed by atoms with van der Waals surface area (Å²) in [7, 11) is 0. The topological polar surface area (TPSA) is 33.5 Å². The molecule has 0 atom stereocenters. The van der Waals surface area contributed by atoms with E-state index in [0.29, 0.717) is 11.5 Å². The summed E-state index contributed by atoms with van der Waals surface area (Å²) < 4.78 is 23.5. The zero-order valence-corrected chi connectivity index (χ0v) is 41.6. The third-order valence-electron chi connectivity index (χ3n) is 12.9. The fraction of sp³-hybridized carbons (Fsp3) is 0.129. The molecular weight excluding hydrogens is 1030 g/mol. The standard InChI is InChI=1S/C62H50FN4O.Pt/c1-61(2,3)45-27-23-41(24-28-45)44-35-48(38-50(36-44)68-49-31-32-54-53-17-10-11-20-55(53)67(58(54)39-49)59-37-46(33-34-64-59)62(4,5)6)65-40-66(57-22-13-12-21-56(57)65)60-51(42-15-8-7-9-16-42)18-14-19-52(60)43-25-29-47(63)30-26-43;/h7-37,40H,1-6H3;/q-3;. The molecule has 1 aliphatic heterocycles. The van der Waals surface area contributed by atoms with E-state index < -0.39 is 0 Å². The Morgan fingerprint density at radius 2 is 1.16 bits per heavy atom. The van der Waals surface area contributed by atoms with Crippen LogP contribution in [-0.2, 0) is 31.9 Å². The van der Waals surface area contributed by atoms with Crippen molar-refractivity contribution in [2.75, 3.05) is 9.80 Å². The molecule has 0 fully saturated rings. The third kappa shape index (κ3) is 8.64. The first-order chi connectivity index (χ1) is 32.9. The van der Waals surface area contributed by atoms with Crippen LogP contribution >= 0.6 is 0 Å². The SMILES string of the molecule is CC(C)(C)c1ccc(-c2cc(Oc3[c-]c4c(cc3)c3ccccc3n4-c3cc(C(C)(C)C)ccn3)[c-]c(N3[CH-]N(c4c(-c5ccccc5)cccc4-c4ccc(F)cc4)c4ccccc43)c2)cc1.[Pt]. The summed E-state index contributed by atoms with van der Waals surface area (Å²) in [4.78, 5) is 9.33. The van der Waals surface area contributed by atoms with Crippen molar-refractivity contribution in [3.05, 3.63) is 224 Å². The summed E-state index contributed by atoms with van der Waals surface area (Å²) in [5.41, 5.74) is 14.1. The zero-order valence-electron chi connectivity index (χ0n) is 39.4. The second-order valence-corrected chi connectivity index (χ2v) is 19.6. The molecule has 0 N–H and O–H groups in total. The van der Waals surface area contributed by atoms with E-state index in [1.807, 2.05) is 30.5 Å². The number of anilines is 4. The Morgan fingerprint density at radius 3 is 1.87 bits per heavy atom. The minimum Gasteiger partial charge on any atom is -0.509 e. The van der Waals surface area contributed by atoms with Crippen LogP contribution in [0.5, 0.6) is 11.5 Å². The Morgan fingerprint density at radius 1 is 0.522 bits per heavy atom. The molecule has 69 heavy (non-hydrogen) atoms. The van der Waals surface area contributed by atoms with Crippen molar-refractivity contribution in [2.24, 2.45) is 0 Å². The van der Waals surface area contributed by atoms with E-state index in [2.05, 4.69) is 220 Å². The van der Waals surface area contributed by atoms with Gasteiger partial charge in [0.2, 0.25) is 0 Å². The average molecular weight is 1080 g/mol. The van der Waals surface area contributed by atoms with E-state index in [0.717, 1.165) is 83.8 Å². The molecule has 1 aliphatic rings. The Balaban J connectivity index is 0.00000553. The number of para-hydroxylation sites is 4. The fourth-order valence-electron chi connectivity index (χ4n) is 9.34. The summed E-state index contributed by atoms with van der Waals surface area (Å²) in [5.74, 6) is 1.66.